The molecular formula is C15H18BrNO2. The summed E-state index contributed by atoms with van der Waals surface area (Å²) >= 11 is 3.42. The van der Waals surface area contributed by atoms with E-state index in [1.54, 1.807) is 24.1 Å². The molecule has 102 valence electrons. The molecule has 0 radical (unpaired) electrons. The van der Waals surface area contributed by atoms with E-state index in [2.05, 4.69) is 22.9 Å². The lowest BCUT2D eigenvalue weighted by atomic mass is 9.84. The van der Waals surface area contributed by atoms with Crippen LogP contribution in [0.4, 0.5) is 0 Å². The first-order valence-corrected chi connectivity index (χ1v) is 7.42. The van der Waals surface area contributed by atoms with Crippen LogP contribution in [0.25, 0.3) is 0 Å². The molecule has 1 heterocycles. The maximum Gasteiger partial charge on any atom is 0.261 e. The van der Waals surface area contributed by atoms with Crippen LogP contribution in [0.1, 0.15) is 32.6 Å². The van der Waals surface area contributed by atoms with Crippen molar-refractivity contribution in [3.05, 3.63) is 34.4 Å². The van der Waals surface area contributed by atoms with Crippen LogP contribution in [-0.2, 0) is 9.59 Å². The topological polar surface area (TPSA) is 37.4 Å². The Hall–Kier alpha value is -1.16. The van der Waals surface area contributed by atoms with Crippen LogP contribution in [-0.4, -0.2) is 29.2 Å². The Morgan fingerprint density at radius 3 is 2.42 bits per heavy atom. The maximum atomic E-state index is 12.2. The van der Waals surface area contributed by atoms with Gasteiger partial charge in [-0.25, -0.2) is 0 Å². The Kier molecular flexibility index (Phi) is 4.09. The van der Waals surface area contributed by atoms with E-state index in [-0.39, 0.29) is 11.7 Å². The van der Waals surface area contributed by atoms with E-state index in [9.17, 15) is 9.59 Å². The second-order valence-corrected chi connectivity index (χ2v) is 5.80. The molecule has 0 aromatic carbocycles. The zero-order valence-corrected chi connectivity index (χ0v) is 12.9. The first-order valence-electron chi connectivity index (χ1n) is 6.62. The lowest BCUT2D eigenvalue weighted by Crippen LogP contribution is -2.43. The number of halogens is 1. The van der Waals surface area contributed by atoms with E-state index in [4.69, 9.17) is 0 Å². The number of allylic oxidation sites excluding steroid dienone is 2. The van der Waals surface area contributed by atoms with Gasteiger partial charge < -0.3 is 4.90 Å². The van der Waals surface area contributed by atoms with E-state index in [0.717, 1.165) is 31.3 Å². The Morgan fingerprint density at radius 1 is 1.21 bits per heavy atom. The van der Waals surface area contributed by atoms with Crippen LogP contribution < -0.4 is 0 Å². The molecule has 0 fully saturated rings. The molecule has 0 bridgehead atoms. The Labute approximate surface area is 122 Å². The third-order valence-corrected chi connectivity index (χ3v) is 4.65. The Morgan fingerprint density at radius 2 is 1.84 bits per heavy atom. The average Bonchev–Trinajstić information content (AvgIpc) is 2.58. The van der Waals surface area contributed by atoms with Gasteiger partial charge in [0.2, 0.25) is 0 Å². The smallest absolute Gasteiger partial charge is 0.261 e. The first kappa shape index (κ1) is 14.3. The van der Waals surface area contributed by atoms with Crippen LogP contribution >= 0.6 is 15.9 Å². The normalized spacial score (nSPS) is 21.1. The van der Waals surface area contributed by atoms with Crippen molar-refractivity contribution in [1.29, 1.82) is 0 Å². The summed E-state index contributed by atoms with van der Waals surface area (Å²) in [7, 11) is 1.78. The quantitative estimate of drug-likeness (QED) is 0.745. The highest BCUT2D eigenvalue weighted by molar-refractivity contribution is 9.12. The Bertz CT molecular complexity index is 486. The van der Waals surface area contributed by atoms with Gasteiger partial charge in [-0.1, -0.05) is 19.8 Å². The van der Waals surface area contributed by atoms with E-state index < -0.39 is 5.54 Å². The molecule has 0 N–H and O–H groups in total. The van der Waals surface area contributed by atoms with Gasteiger partial charge in [-0.05, 0) is 58.6 Å². The SMILES string of the molecule is CCCCCC1=C(Br)C(=O)N(C)C12C=CC(=O)C=C2. The van der Waals surface area contributed by atoms with Crippen LogP contribution in [0, 0.1) is 0 Å². The van der Waals surface area contributed by atoms with E-state index in [1.165, 1.54) is 0 Å². The zero-order chi connectivity index (χ0) is 14.0. The van der Waals surface area contributed by atoms with Gasteiger partial charge in [0.15, 0.2) is 5.78 Å². The average molecular weight is 324 g/mol. The van der Waals surface area contributed by atoms with Crippen molar-refractivity contribution in [2.75, 3.05) is 7.05 Å². The van der Waals surface area contributed by atoms with E-state index >= 15 is 0 Å². The highest BCUT2D eigenvalue weighted by Crippen LogP contribution is 2.43. The number of likely N-dealkylation sites (N-methyl/N-ethyl adjacent to an activating group) is 1. The summed E-state index contributed by atoms with van der Waals surface area (Å²) in [5.74, 6) is -0.0439. The molecule has 1 aliphatic heterocycles. The van der Waals surface area contributed by atoms with Gasteiger partial charge in [-0.3, -0.25) is 9.59 Å². The fraction of sp³-hybridized carbons (Fsp3) is 0.467. The van der Waals surface area contributed by atoms with Crippen molar-refractivity contribution < 1.29 is 9.59 Å². The van der Waals surface area contributed by atoms with Crippen molar-refractivity contribution in [2.24, 2.45) is 0 Å². The lowest BCUT2D eigenvalue weighted by molar-refractivity contribution is -0.125. The zero-order valence-electron chi connectivity index (χ0n) is 11.3. The van der Waals surface area contributed by atoms with Crippen LogP contribution in [0.2, 0.25) is 0 Å². The largest absolute Gasteiger partial charge is 0.325 e. The molecule has 19 heavy (non-hydrogen) atoms. The molecule has 0 unspecified atom stereocenters. The molecule has 0 atom stereocenters. The van der Waals surface area contributed by atoms with Crippen molar-refractivity contribution >= 4 is 27.6 Å². The van der Waals surface area contributed by atoms with Gasteiger partial charge in [0.05, 0.1) is 4.48 Å². The van der Waals surface area contributed by atoms with Crippen molar-refractivity contribution in [1.82, 2.24) is 4.90 Å². The number of ketones is 1. The number of hydrogen-bond donors (Lipinski definition) is 0. The second kappa shape index (κ2) is 5.45. The second-order valence-electron chi connectivity index (χ2n) is 5.01. The molecule has 1 aliphatic carbocycles. The fourth-order valence-corrected chi connectivity index (χ4v) is 3.42. The van der Waals surface area contributed by atoms with Gasteiger partial charge >= 0.3 is 0 Å². The molecule has 3 nitrogen and oxygen atoms in total. The summed E-state index contributed by atoms with van der Waals surface area (Å²) in [6, 6.07) is 0. The predicted molar refractivity (Wildman–Crippen MR) is 78.9 cm³/mol. The number of carbonyl (C=O) groups excluding carboxylic acids is 2. The molecule has 1 amide bonds. The monoisotopic (exact) mass is 323 g/mol. The number of unbranched alkanes of at least 4 members (excludes halogenated alkanes) is 2. The van der Waals surface area contributed by atoms with Crippen LogP contribution in [0.5, 0.6) is 0 Å². The summed E-state index contributed by atoms with van der Waals surface area (Å²) in [6.45, 7) is 2.16. The van der Waals surface area contributed by atoms with Gasteiger partial charge in [-0.15, -0.1) is 0 Å². The third-order valence-electron chi connectivity index (χ3n) is 3.83. The number of amides is 1. The highest BCUT2D eigenvalue weighted by Gasteiger charge is 2.46. The molecule has 0 aromatic heterocycles. The fourth-order valence-electron chi connectivity index (χ4n) is 2.64. The molecule has 2 rings (SSSR count). The summed E-state index contributed by atoms with van der Waals surface area (Å²) in [6.07, 6.45) is 11.0. The van der Waals surface area contributed by atoms with E-state index in [1.807, 2.05) is 12.2 Å². The van der Waals surface area contributed by atoms with Crippen LogP contribution in [0.3, 0.4) is 0 Å². The minimum Gasteiger partial charge on any atom is -0.325 e. The van der Waals surface area contributed by atoms with Gasteiger partial charge in [-0.2, -0.15) is 0 Å². The number of hydrogen-bond acceptors (Lipinski definition) is 2. The molecule has 0 saturated carbocycles. The summed E-state index contributed by atoms with van der Waals surface area (Å²) < 4.78 is 0.648. The standard InChI is InChI=1S/C15H18BrNO2/c1-3-4-5-6-12-13(16)14(19)17(2)15(12)9-7-11(18)8-10-15/h7-10H,3-6H2,1-2H3. The highest BCUT2D eigenvalue weighted by atomic mass is 79.9. The van der Waals surface area contributed by atoms with Crippen molar-refractivity contribution in [3.8, 4) is 0 Å². The molecule has 0 saturated heterocycles. The molecular weight excluding hydrogens is 306 g/mol. The minimum atomic E-state index is -0.544. The van der Waals surface area contributed by atoms with Gasteiger partial charge in [0, 0.05) is 7.05 Å². The first-order chi connectivity index (χ1) is 9.03. The number of nitrogens with zero attached hydrogens (tertiary/aromatic N) is 1. The van der Waals surface area contributed by atoms with Crippen molar-refractivity contribution in [3.63, 3.8) is 0 Å². The summed E-state index contributed by atoms with van der Waals surface area (Å²) in [5.41, 5.74) is 0.519. The Balaban J connectivity index is 2.35. The van der Waals surface area contributed by atoms with Crippen LogP contribution in [0.15, 0.2) is 34.4 Å². The summed E-state index contributed by atoms with van der Waals surface area (Å²) in [5, 5.41) is 0. The minimum absolute atomic E-state index is 0.0184. The maximum absolute atomic E-state index is 12.2. The van der Waals surface area contributed by atoms with Gasteiger partial charge in [0.25, 0.3) is 5.91 Å². The third kappa shape index (κ3) is 2.34. The summed E-state index contributed by atoms with van der Waals surface area (Å²) in [4.78, 5) is 25.2. The lowest BCUT2D eigenvalue weighted by Gasteiger charge is -2.34. The van der Waals surface area contributed by atoms with E-state index in [0.29, 0.717) is 4.48 Å². The molecule has 2 aliphatic rings. The number of rotatable bonds is 4. The molecule has 4 heteroatoms. The van der Waals surface area contributed by atoms with Crippen molar-refractivity contribution in [2.45, 2.75) is 38.1 Å². The predicted octanol–water partition coefficient (Wildman–Crippen LogP) is 3.12. The molecule has 1 spiro atoms. The van der Waals surface area contributed by atoms with Gasteiger partial charge in [0.1, 0.15) is 5.54 Å². The molecule has 0 aromatic rings. The number of carbonyl (C=O) groups is 2.